The molecule has 0 spiro atoms. The number of rotatable bonds is 6. The maximum absolute atomic E-state index is 12.9. The molecule has 2 aromatic rings. The Hall–Kier alpha value is -2.05. The molecule has 3 rings (SSSR count). The van der Waals surface area contributed by atoms with Gasteiger partial charge in [0.2, 0.25) is 0 Å². The molecule has 0 bridgehead atoms. The zero-order valence-electron chi connectivity index (χ0n) is 14.0. The maximum atomic E-state index is 12.9. The first-order valence-electron chi connectivity index (χ1n) is 8.10. The van der Waals surface area contributed by atoms with Gasteiger partial charge >= 0.3 is 0 Å². The molecule has 5 nitrogen and oxygen atoms in total. The molecule has 1 atom stereocenters. The summed E-state index contributed by atoms with van der Waals surface area (Å²) in [4.78, 5) is 14.4. The lowest BCUT2D eigenvalue weighted by atomic mass is 10.2. The minimum absolute atomic E-state index is 0. The minimum atomic E-state index is -0.310. The van der Waals surface area contributed by atoms with Crippen molar-refractivity contribution in [1.82, 2.24) is 10.2 Å². The molecule has 2 heterocycles. The third-order valence-electron chi connectivity index (χ3n) is 4.14. The third kappa shape index (κ3) is 4.74. The van der Waals surface area contributed by atoms with E-state index >= 15 is 0 Å². The van der Waals surface area contributed by atoms with Gasteiger partial charge in [-0.05, 0) is 56.3 Å². The van der Waals surface area contributed by atoms with Crippen LogP contribution in [0.15, 0.2) is 40.8 Å². The van der Waals surface area contributed by atoms with Crippen molar-refractivity contribution in [3.8, 4) is 5.75 Å². The number of likely N-dealkylation sites (N-methyl/N-ethyl adjacent to an activating group) is 1. The summed E-state index contributed by atoms with van der Waals surface area (Å²) in [7, 11) is 1.89. The average molecular weight is 369 g/mol. The van der Waals surface area contributed by atoms with Crippen LogP contribution >= 0.6 is 12.4 Å². The van der Waals surface area contributed by atoms with Gasteiger partial charge in [0, 0.05) is 19.1 Å². The van der Waals surface area contributed by atoms with Crippen LogP contribution in [0.25, 0.3) is 0 Å². The molecule has 0 saturated carbocycles. The fourth-order valence-electron chi connectivity index (χ4n) is 2.95. The van der Waals surface area contributed by atoms with Crippen LogP contribution in [0.1, 0.15) is 29.2 Å². The summed E-state index contributed by atoms with van der Waals surface area (Å²) in [6, 6.07) is 9.41. The predicted molar refractivity (Wildman–Crippen MR) is 94.7 cm³/mol. The molecule has 1 aliphatic heterocycles. The average Bonchev–Trinajstić information content (AvgIpc) is 3.23. The Morgan fingerprint density at radius 2 is 2.08 bits per heavy atom. The van der Waals surface area contributed by atoms with E-state index in [-0.39, 0.29) is 36.8 Å². The standard InChI is InChI=1S/C18H21FN2O3.ClH/c1-20-11-14-3-2-10-21(14)18(22)17-9-8-16(24-17)12-23-15-6-4-13(19)5-7-15;/h4-9,14,20H,2-3,10-12H2,1H3;1H. The van der Waals surface area contributed by atoms with Crippen LogP contribution < -0.4 is 10.1 Å². The zero-order valence-corrected chi connectivity index (χ0v) is 14.9. The van der Waals surface area contributed by atoms with Gasteiger partial charge in [-0.2, -0.15) is 0 Å². The van der Waals surface area contributed by atoms with Gasteiger partial charge in [0.15, 0.2) is 5.76 Å². The monoisotopic (exact) mass is 368 g/mol. The summed E-state index contributed by atoms with van der Waals surface area (Å²) in [5.74, 6) is 1.05. The second kappa shape index (κ2) is 8.87. The Balaban J connectivity index is 0.00000225. The number of nitrogens with zero attached hydrogens (tertiary/aromatic N) is 1. The third-order valence-corrected chi connectivity index (χ3v) is 4.14. The van der Waals surface area contributed by atoms with Crippen LogP contribution in [-0.2, 0) is 6.61 Å². The predicted octanol–water partition coefficient (Wildman–Crippen LogP) is 3.24. The number of hydrogen-bond donors (Lipinski definition) is 1. The first-order valence-corrected chi connectivity index (χ1v) is 8.10. The van der Waals surface area contributed by atoms with E-state index in [4.69, 9.17) is 9.15 Å². The van der Waals surface area contributed by atoms with Crippen LogP contribution in [0.5, 0.6) is 5.75 Å². The van der Waals surface area contributed by atoms with E-state index in [2.05, 4.69) is 5.32 Å². The fourth-order valence-corrected chi connectivity index (χ4v) is 2.95. The number of benzene rings is 1. The van der Waals surface area contributed by atoms with Gasteiger partial charge in [-0.15, -0.1) is 12.4 Å². The summed E-state index contributed by atoms with van der Waals surface area (Å²) >= 11 is 0. The van der Waals surface area contributed by atoms with Crippen molar-refractivity contribution in [3.63, 3.8) is 0 Å². The lowest BCUT2D eigenvalue weighted by Gasteiger charge is -2.23. The molecule has 1 saturated heterocycles. The zero-order chi connectivity index (χ0) is 16.9. The van der Waals surface area contributed by atoms with E-state index in [1.54, 1.807) is 24.3 Å². The Kier molecular flexibility index (Phi) is 6.84. The second-order valence-electron chi connectivity index (χ2n) is 5.86. The highest BCUT2D eigenvalue weighted by molar-refractivity contribution is 5.92. The van der Waals surface area contributed by atoms with Crippen molar-refractivity contribution in [2.24, 2.45) is 0 Å². The van der Waals surface area contributed by atoms with Crippen molar-refractivity contribution in [3.05, 3.63) is 53.7 Å². The van der Waals surface area contributed by atoms with E-state index < -0.39 is 0 Å². The number of likely N-dealkylation sites (tertiary alicyclic amines) is 1. The van der Waals surface area contributed by atoms with Crippen LogP contribution in [-0.4, -0.2) is 37.0 Å². The summed E-state index contributed by atoms with van der Waals surface area (Å²) < 4.78 is 24.0. The van der Waals surface area contributed by atoms with E-state index in [1.807, 2.05) is 11.9 Å². The first kappa shape index (κ1) is 19.3. The molecule has 0 aliphatic carbocycles. The Morgan fingerprint density at radius 3 is 2.80 bits per heavy atom. The van der Waals surface area contributed by atoms with Crippen molar-refractivity contribution < 1.29 is 18.3 Å². The van der Waals surface area contributed by atoms with Crippen LogP contribution in [0, 0.1) is 5.82 Å². The Labute approximate surface area is 152 Å². The van der Waals surface area contributed by atoms with Crippen molar-refractivity contribution in [1.29, 1.82) is 0 Å². The summed E-state index contributed by atoms with van der Waals surface area (Å²) in [5, 5.41) is 3.12. The van der Waals surface area contributed by atoms with Gasteiger partial charge in [0.05, 0.1) is 0 Å². The molecule has 1 aromatic carbocycles. The lowest BCUT2D eigenvalue weighted by molar-refractivity contribution is 0.0700. The number of carbonyl (C=O) groups excluding carboxylic acids is 1. The molecule has 1 aliphatic rings. The Morgan fingerprint density at radius 1 is 1.32 bits per heavy atom. The SMILES string of the molecule is CNCC1CCCN1C(=O)c1ccc(COc2ccc(F)cc2)o1.Cl. The molecule has 1 fully saturated rings. The largest absolute Gasteiger partial charge is 0.486 e. The normalized spacial score (nSPS) is 16.6. The van der Waals surface area contributed by atoms with Gasteiger partial charge in [0.25, 0.3) is 5.91 Å². The summed E-state index contributed by atoms with van der Waals surface area (Å²) in [5.41, 5.74) is 0. The molecule has 136 valence electrons. The number of nitrogens with one attached hydrogen (secondary N) is 1. The highest BCUT2D eigenvalue weighted by atomic mass is 35.5. The smallest absolute Gasteiger partial charge is 0.289 e. The second-order valence-corrected chi connectivity index (χ2v) is 5.86. The van der Waals surface area contributed by atoms with Gasteiger partial charge in [-0.25, -0.2) is 4.39 Å². The highest BCUT2D eigenvalue weighted by Gasteiger charge is 2.30. The van der Waals surface area contributed by atoms with E-state index in [0.717, 1.165) is 25.9 Å². The minimum Gasteiger partial charge on any atom is -0.486 e. The van der Waals surface area contributed by atoms with Gasteiger partial charge in [0.1, 0.15) is 23.9 Å². The highest BCUT2D eigenvalue weighted by Crippen LogP contribution is 2.21. The molecule has 1 N–H and O–H groups in total. The lowest BCUT2D eigenvalue weighted by Crippen LogP contribution is -2.40. The number of ether oxygens (including phenoxy) is 1. The molecule has 0 radical (unpaired) electrons. The topological polar surface area (TPSA) is 54.7 Å². The van der Waals surface area contributed by atoms with Gasteiger partial charge < -0.3 is 19.4 Å². The first-order chi connectivity index (χ1) is 11.7. The maximum Gasteiger partial charge on any atom is 0.289 e. The van der Waals surface area contributed by atoms with Gasteiger partial charge in [-0.3, -0.25) is 4.79 Å². The Bertz CT molecular complexity index is 690. The van der Waals surface area contributed by atoms with Crippen LogP contribution in [0.4, 0.5) is 4.39 Å². The van der Waals surface area contributed by atoms with Gasteiger partial charge in [-0.1, -0.05) is 0 Å². The van der Waals surface area contributed by atoms with Crippen molar-refractivity contribution in [2.45, 2.75) is 25.5 Å². The van der Waals surface area contributed by atoms with Crippen molar-refractivity contribution in [2.75, 3.05) is 20.1 Å². The number of carbonyl (C=O) groups is 1. The molecule has 1 aromatic heterocycles. The van der Waals surface area contributed by atoms with Crippen LogP contribution in [0.2, 0.25) is 0 Å². The number of furan rings is 1. The molecule has 7 heteroatoms. The quantitative estimate of drug-likeness (QED) is 0.850. The van der Waals surface area contributed by atoms with E-state index in [0.29, 0.717) is 17.3 Å². The number of hydrogen-bond acceptors (Lipinski definition) is 4. The number of halogens is 2. The molecule has 1 unspecified atom stereocenters. The molecule has 25 heavy (non-hydrogen) atoms. The van der Waals surface area contributed by atoms with Crippen LogP contribution in [0.3, 0.4) is 0 Å². The number of amides is 1. The molecule has 1 amide bonds. The fraction of sp³-hybridized carbons (Fsp3) is 0.389. The summed E-state index contributed by atoms with van der Waals surface area (Å²) in [6.45, 7) is 1.74. The molecular formula is C18H22ClFN2O3. The van der Waals surface area contributed by atoms with E-state index in [1.165, 1.54) is 12.1 Å². The van der Waals surface area contributed by atoms with E-state index in [9.17, 15) is 9.18 Å². The summed E-state index contributed by atoms with van der Waals surface area (Å²) in [6.07, 6.45) is 2.02. The van der Waals surface area contributed by atoms with Crippen molar-refractivity contribution >= 4 is 18.3 Å². The molecular weight excluding hydrogens is 347 g/mol.